The van der Waals surface area contributed by atoms with Gasteiger partial charge in [-0.1, -0.05) is 48.6 Å². The lowest BCUT2D eigenvalue weighted by atomic mass is 10.2. The summed E-state index contributed by atoms with van der Waals surface area (Å²) in [6.45, 7) is 3.24. The fraction of sp³-hybridized carbons (Fsp3) is 0.478. The summed E-state index contributed by atoms with van der Waals surface area (Å²) in [7, 11) is 1.68. The van der Waals surface area contributed by atoms with Crippen molar-refractivity contribution in [3.8, 4) is 5.75 Å². The molecule has 1 atom stereocenters. The van der Waals surface area contributed by atoms with Gasteiger partial charge in [0.1, 0.15) is 5.75 Å². The van der Waals surface area contributed by atoms with Gasteiger partial charge >= 0.3 is 0 Å². The molecule has 0 aliphatic heterocycles. The van der Waals surface area contributed by atoms with Crippen molar-refractivity contribution in [1.82, 2.24) is 0 Å². The van der Waals surface area contributed by atoms with Crippen molar-refractivity contribution in [3.05, 3.63) is 66.3 Å². The van der Waals surface area contributed by atoms with Crippen molar-refractivity contribution in [2.75, 3.05) is 13.7 Å². The van der Waals surface area contributed by atoms with Gasteiger partial charge in [0, 0.05) is 6.61 Å². The SMILES string of the molecule is COc1ccc(COCCCC/C=C/C=C/CCC/C=C/C(C)O)cc1. The molecular weight excluding hydrogens is 324 g/mol. The highest BCUT2D eigenvalue weighted by molar-refractivity contribution is 5.26. The first-order valence-corrected chi connectivity index (χ1v) is 9.59. The van der Waals surface area contributed by atoms with Crippen LogP contribution in [0.2, 0.25) is 0 Å². The largest absolute Gasteiger partial charge is 0.497 e. The van der Waals surface area contributed by atoms with Crippen LogP contribution in [0.15, 0.2) is 60.7 Å². The zero-order chi connectivity index (χ0) is 18.9. The van der Waals surface area contributed by atoms with E-state index in [-0.39, 0.29) is 6.10 Å². The highest BCUT2D eigenvalue weighted by Gasteiger charge is 1.95. The van der Waals surface area contributed by atoms with E-state index in [4.69, 9.17) is 14.6 Å². The minimum absolute atomic E-state index is 0.332. The smallest absolute Gasteiger partial charge is 0.118 e. The number of benzene rings is 1. The second-order valence-corrected chi connectivity index (χ2v) is 6.35. The third-order valence-electron chi connectivity index (χ3n) is 3.88. The molecule has 1 rings (SSSR count). The summed E-state index contributed by atoms with van der Waals surface area (Å²) in [4.78, 5) is 0. The van der Waals surface area contributed by atoms with E-state index < -0.39 is 0 Å². The monoisotopic (exact) mass is 358 g/mol. The van der Waals surface area contributed by atoms with Crippen molar-refractivity contribution in [2.45, 2.75) is 58.2 Å². The lowest BCUT2D eigenvalue weighted by Gasteiger charge is -2.05. The average Bonchev–Trinajstić information content (AvgIpc) is 2.65. The lowest BCUT2D eigenvalue weighted by molar-refractivity contribution is 0.117. The number of unbranched alkanes of at least 4 members (excludes halogenated alkanes) is 4. The molecule has 1 aromatic rings. The molecule has 26 heavy (non-hydrogen) atoms. The summed E-state index contributed by atoms with van der Waals surface area (Å²) < 4.78 is 10.8. The topological polar surface area (TPSA) is 38.7 Å². The number of hydrogen-bond acceptors (Lipinski definition) is 3. The molecule has 1 aromatic carbocycles. The predicted octanol–water partition coefficient (Wildman–Crippen LogP) is 5.60. The van der Waals surface area contributed by atoms with Gasteiger partial charge < -0.3 is 14.6 Å². The second kappa shape index (κ2) is 15.4. The Morgan fingerprint density at radius 3 is 2.23 bits per heavy atom. The third kappa shape index (κ3) is 12.5. The molecular formula is C23H34O3. The molecule has 1 unspecified atom stereocenters. The first-order valence-electron chi connectivity index (χ1n) is 9.59. The molecule has 1 N–H and O–H groups in total. The van der Waals surface area contributed by atoms with Crippen LogP contribution in [0.25, 0.3) is 0 Å². The van der Waals surface area contributed by atoms with Crippen molar-refractivity contribution in [1.29, 1.82) is 0 Å². The van der Waals surface area contributed by atoms with Gasteiger partial charge in [-0.3, -0.25) is 0 Å². The molecule has 0 aromatic heterocycles. The van der Waals surface area contributed by atoms with E-state index in [1.807, 2.05) is 36.4 Å². The van der Waals surface area contributed by atoms with Crippen LogP contribution >= 0.6 is 0 Å². The van der Waals surface area contributed by atoms with Crippen molar-refractivity contribution in [2.24, 2.45) is 0 Å². The summed E-state index contributed by atoms with van der Waals surface area (Å²) >= 11 is 0. The predicted molar refractivity (Wildman–Crippen MR) is 109 cm³/mol. The summed E-state index contributed by atoms with van der Waals surface area (Å²) in [5.74, 6) is 0.878. The van der Waals surface area contributed by atoms with Crippen LogP contribution in [-0.4, -0.2) is 24.9 Å². The number of rotatable bonds is 14. The number of allylic oxidation sites excluding steroid dienone is 5. The summed E-state index contributed by atoms with van der Waals surface area (Å²) in [6.07, 6.45) is 18.8. The van der Waals surface area contributed by atoms with E-state index in [0.717, 1.165) is 50.9 Å². The van der Waals surface area contributed by atoms with Crippen LogP contribution in [0.5, 0.6) is 5.75 Å². The minimum atomic E-state index is -0.332. The summed E-state index contributed by atoms with van der Waals surface area (Å²) in [5.41, 5.74) is 1.18. The van der Waals surface area contributed by atoms with Gasteiger partial charge in [0.2, 0.25) is 0 Å². The zero-order valence-electron chi connectivity index (χ0n) is 16.3. The van der Waals surface area contributed by atoms with Crippen molar-refractivity contribution < 1.29 is 14.6 Å². The van der Waals surface area contributed by atoms with Crippen molar-refractivity contribution in [3.63, 3.8) is 0 Å². The van der Waals surface area contributed by atoms with Gasteiger partial charge in [0.15, 0.2) is 0 Å². The van der Waals surface area contributed by atoms with Gasteiger partial charge in [0.25, 0.3) is 0 Å². The first-order chi connectivity index (χ1) is 12.7. The second-order valence-electron chi connectivity index (χ2n) is 6.35. The first kappa shape index (κ1) is 22.2. The van der Waals surface area contributed by atoms with Crippen LogP contribution in [0.1, 0.15) is 51.0 Å². The van der Waals surface area contributed by atoms with Crippen LogP contribution in [0, 0.1) is 0 Å². The van der Waals surface area contributed by atoms with Gasteiger partial charge in [-0.25, -0.2) is 0 Å². The Labute approximate surface area is 159 Å². The number of aliphatic hydroxyl groups excluding tert-OH is 1. The lowest BCUT2D eigenvalue weighted by Crippen LogP contribution is -1.95. The van der Waals surface area contributed by atoms with E-state index >= 15 is 0 Å². The number of ether oxygens (including phenoxy) is 2. The maximum absolute atomic E-state index is 9.09. The average molecular weight is 359 g/mol. The van der Waals surface area contributed by atoms with E-state index in [0.29, 0.717) is 6.61 Å². The van der Waals surface area contributed by atoms with Crippen molar-refractivity contribution >= 4 is 0 Å². The molecule has 0 saturated carbocycles. The molecule has 3 nitrogen and oxygen atoms in total. The van der Waals surface area contributed by atoms with Crippen LogP contribution in [-0.2, 0) is 11.3 Å². The Hall–Kier alpha value is -1.84. The minimum Gasteiger partial charge on any atom is -0.497 e. The summed E-state index contributed by atoms with van der Waals surface area (Å²) in [6, 6.07) is 8.00. The Morgan fingerprint density at radius 1 is 0.923 bits per heavy atom. The van der Waals surface area contributed by atoms with Gasteiger partial charge in [0.05, 0.1) is 19.8 Å². The van der Waals surface area contributed by atoms with Gasteiger partial charge in [-0.05, 0) is 63.1 Å². The molecule has 0 saturated heterocycles. The van der Waals surface area contributed by atoms with Crippen LogP contribution in [0.3, 0.4) is 0 Å². The number of aliphatic hydroxyl groups is 1. The molecule has 0 aliphatic carbocycles. The number of methoxy groups -OCH3 is 1. The molecule has 0 bridgehead atoms. The van der Waals surface area contributed by atoms with E-state index in [2.05, 4.69) is 24.3 Å². The van der Waals surface area contributed by atoms with Crippen LogP contribution in [0.4, 0.5) is 0 Å². The molecule has 0 fully saturated rings. The van der Waals surface area contributed by atoms with Gasteiger partial charge in [-0.15, -0.1) is 0 Å². The molecule has 0 aliphatic rings. The molecule has 144 valence electrons. The Bertz CT molecular complexity index is 527. The quantitative estimate of drug-likeness (QED) is 0.267. The van der Waals surface area contributed by atoms with E-state index in [9.17, 15) is 0 Å². The number of hydrogen-bond donors (Lipinski definition) is 1. The molecule has 3 heteroatoms. The maximum atomic E-state index is 9.09. The molecule has 0 heterocycles. The molecule has 0 radical (unpaired) electrons. The van der Waals surface area contributed by atoms with E-state index in [1.54, 1.807) is 14.0 Å². The summed E-state index contributed by atoms with van der Waals surface area (Å²) in [5, 5.41) is 9.09. The van der Waals surface area contributed by atoms with Crippen LogP contribution < -0.4 is 4.74 Å². The Morgan fingerprint density at radius 2 is 1.58 bits per heavy atom. The fourth-order valence-electron chi connectivity index (χ4n) is 2.37. The van der Waals surface area contributed by atoms with E-state index in [1.165, 1.54) is 5.56 Å². The Kier molecular flexibility index (Phi) is 13.2. The molecule has 0 amide bonds. The highest BCUT2D eigenvalue weighted by Crippen LogP contribution is 2.12. The zero-order valence-corrected chi connectivity index (χ0v) is 16.3. The molecule has 0 spiro atoms. The fourth-order valence-corrected chi connectivity index (χ4v) is 2.37. The van der Waals surface area contributed by atoms with Gasteiger partial charge in [-0.2, -0.15) is 0 Å². The third-order valence-corrected chi connectivity index (χ3v) is 3.88. The standard InChI is InChI=1S/C23H34O3/c1-21(24)14-12-10-8-6-4-3-5-7-9-11-13-19-26-20-22-15-17-23(25-2)18-16-22/h3-5,7,12,14-18,21,24H,6,8-11,13,19-20H2,1-2H3/b4-3+,7-5+,14-12+. The maximum Gasteiger partial charge on any atom is 0.118 e. The Balaban J connectivity index is 1.93. The highest BCUT2D eigenvalue weighted by atomic mass is 16.5. The normalized spacial score (nSPS) is 13.2.